The van der Waals surface area contributed by atoms with Gasteiger partial charge in [0.1, 0.15) is 0 Å². The summed E-state index contributed by atoms with van der Waals surface area (Å²) in [6, 6.07) is 7.19. The molecule has 0 atom stereocenters. The largest absolute Gasteiger partial charge is 0.310 e. The van der Waals surface area contributed by atoms with E-state index in [4.69, 9.17) is 5.10 Å². The zero-order chi connectivity index (χ0) is 15.0. The van der Waals surface area contributed by atoms with E-state index in [1.54, 1.807) is 0 Å². The number of aryl methyl sites for hydroxylation is 1. The summed E-state index contributed by atoms with van der Waals surface area (Å²) >= 11 is 3.59. The monoisotopic (exact) mass is 347 g/mol. The van der Waals surface area contributed by atoms with Crippen molar-refractivity contribution in [2.45, 2.75) is 52.6 Å². The van der Waals surface area contributed by atoms with E-state index in [0.717, 1.165) is 23.1 Å². The average molecular weight is 348 g/mol. The molecule has 1 aromatic carbocycles. The Labute approximate surface area is 134 Å². The van der Waals surface area contributed by atoms with Crippen LogP contribution in [0.2, 0.25) is 0 Å². The Morgan fingerprint density at radius 2 is 2.10 bits per heavy atom. The Morgan fingerprint density at radius 3 is 2.71 bits per heavy atom. The first-order chi connectivity index (χ1) is 10.1. The van der Waals surface area contributed by atoms with Crippen LogP contribution in [0.4, 0.5) is 0 Å². The topological polar surface area (TPSA) is 29.9 Å². The van der Waals surface area contributed by atoms with Crippen LogP contribution in [-0.4, -0.2) is 15.8 Å². The van der Waals surface area contributed by atoms with Gasteiger partial charge in [0.2, 0.25) is 0 Å². The standard InChI is InChI=1S/C17H22BrN3/c1-4-16-11(2)20-21(12(16)3)17-9-14(18)6-5-13(17)10-19-15-7-8-15/h5-6,9,15,19H,4,7-8,10H2,1-3H3. The Morgan fingerprint density at radius 1 is 1.33 bits per heavy atom. The number of hydrogen-bond acceptors (Lipinski definition) is 2. The minimum absolute atomic E-state index is 0.716. The molecule has 0 amide bonds. The third-order valence-electron chi connectivity index (χ3n) is 4.23. The van der Waals surface area contributed by atoms with Crippen molar-refractivity contribution in [3.8, 4) is 5.69 Å². The highest BCUT2D eigenvalue weighted by Gasteiger charge is 2.21. The summed E-state index contributed by atoms with van der Waals surface area (Å²) in [6.07, 6.45) is 3.65. The second-order valence-corrected chi connectivity index (χ2v) is 6.76. The van der Waals surface area contributed by atoms with Gasteiger partial charge in [-0.05, 0) is 56.4 Å². The lowest BCUT2D eigenvalue weighted by Gasteiger charge is -2.13. The molecule has 1 heterocycles. The maximum atomic E-state index is 4.76. The van der Waals surface area contributed by atoms with E-state index in [-0.39, 0.29) is 0 Å². The number of halogens is 1. The summed E-state index contributed by atoms with van der Waals surface area (Å²) in [7, 11) is 0. The van der Waals surface area contributed by atoms with Crippen LogP contribution in [0.15, 0.2) is 22.7 Å². The van der Waals surface area contributed by atoms with Gasteiger partial charge in [0.05, 0.1) is 11.4 Å². The summed E-state index contributed by atoms with van der Waals surface area (Å²) in [6.45, 7) is 7.37. The number of benzene rings is 1. The molecule has 0 spiro atoms. The zero-order valence-electron chi connectivity index (χ0n) is 12.9. The van der Waals surface area contributed by atoms with Crippen LogP contribution in [0.1, 0.15) is 42.3 Å². The first kappa shape index (κ1) is 14.8. The van der Waals surface area contributed by atoms with E-state index in [1.807, 2.05) is 0 Å². The van der Waals surface area contributed by atoms with Crippen molar-refractivity contribution in [3.05, 3.63) is 45.2 Å². The molecule has 1 aromatic heterocycles. The van der Waals surface area contributed by atoms with Crippen LogP contribution in [0.25, 0.3) is 5.69 Å². The molecule has 21 heavy (non-hydrogen) atoms. The van der Waals surface area contributed by atoms with Crippen LogP contribution in [-0.2, 0) is 13.0 Å². The maximum absolute atomic E-state index is 4.76. The Balaban J connectivity index is 2.01. The molecule has 0 radical (unpaired) electrons. The lowest BCUT2D eigenvalue weighted by molar-refractivity contribution is 0.679. The van der Waals surface area contributed by atoms with Crippen LogP contribution in [0, 0.1) is 13.8 Å². The predicted molar refractivity (Wildman–Crippen MR) is 90.0 cm³/mol. The molecular formula is C17H22BrN3. The van der Waals surface area contributed by atoms with Crippen LogP contribution >= 0.6 is 15.9 Å². The fourth-order valence-electron chi connectivity index (χ4n) is 2.85. The molecule has 0 saturated heterocycles. The molecule has 2 aromatic rings. The van der Waals surface area contributed by atoms with Crippen LogP contribution in [0.3, 0.4) is 0 Å². The molecule has 3 nitrogen and oxygen atoms in total. The van der Waals surface area contributed by atoms with Gasteiger partial charge in [-0.3, -0.25) is 0 Å². The third-order valence-corrected chi connectivity index (χ3v) is 4.72. The maximum Gasteiger partial charge on any atom is 0.0705 e. The van der Waals surface area contributed by atoms with Crippen LogP contribution < -0.4 is 5.32 Å². The predicted octanol–water partition coefficient (Wildman–Crippen LogP) is 4.07. The van der Waals surface area contributed by atoms with Gasteiger partial charge in [0, 0.05) is 22.8 Å². The molecule has 112 valence electrons. The molecule has 0 bridgehead atoms. The van der Waals surface area contributed by atoms with E-state index >= 15 is 0 Å². The number of aromatic nitrogens is 2. The first-order valence-corrected chi connectivity index (χ1v) is 8.46. The quantitative estimate of drug-likeness (QED) is 0.883. The highest BCUT2D eigenvalue weighted by molar-refractivity contribution is 9.10. The molecule has 3 rings (SSSR count). The van der Waals surface area contributed by atoms with Crippen molar-refractivity contribution in [2.24, 2.45) is 0 Å². The highest BCUT2D eigenvalue weighted by Crippen LogP contribution is 2.26. The fraction of sp³-hybridized carbons (Fsp3) is 0.471. The summed E-state index contributed by atoms with van der Waals surface area (Å²) < 4.78 is 3.20. The molecular weight excluding hydrogens is 326 g/mol. The van der Waals surface area contributed by atoms with Crippen molar-refractivity contribution in [1.82, 2.24) is 15.1 Å². The minimum Gasteiger partial charge on any atom is -0.310 e. The van der Waals surface area contributed by atoms with Crippen molar-refractivity contribution < 1.29 is 0 Å². The Kier molecular flexibility index (Phi) is 4.18. The fourth-order valence-corrected chi connectivity index (χ4v) is 3.20. The summed E-state index contributed by atoms with van der Waals surface area (Å²) in [5.41, 5.74) is 6.23. The number of nitrogens with zero attached hydrogens (tertiary/aromatic N) is 2. The number of nitrogens with one attached hydrogen (secondary N) is 1. The van der Waals surface area contributed by atoms with E-state index in [9.17, 15) is 0 Å². The smallest absolute Gasteiger partial charge is 0.0705 e. The number of rotatable bonds is 5. The highest BCUT2D eigenvalue weighted by atomic mass is 79.9. The van der Waals surface area contributed by atoms with Gasteiger partial charge in [-0.2, -0.15) is 5.10 Å². The molecule has 0 aliphatic heterocycles. The molecule has 1 N–H and O–H groups in total. The van der Waals surface area contributed by atoms with Gasteiger partial charge in [0.25, 0.3) is 0 Å². The Hall–Kier alpha value is -1.13. The zero-order valence-corrected chi connectivity index (χ0v) is 14.5. The molecule has 1 aliphatic carbocycles. The molecule has 1 aliphatic rings. The van der Waals surface area contributed by atoms with Gasteiger partial charge in [-0.15, -0.1) is 0 Å². The van der Waals surface area contributed by atoms with Gasteiger partial charge < -0.3 is 5.32 Å². The Bertz CT molecular complexity index is 656. The number of hydrogen-bond donors (Lipinski definition) is 1. The summed E-state index contributed by atoms with van der Waals surface area (Å²) in [4.78, 5) is 0. The van der Waals surface area contributed by atoms with E-state index in [1.165, 1.54) is 35.3 Å². The molecule has 1 fully saturated rings. The van der Waals surface area contributed by atoms with Gasteiger partial charge in [0.15, 0.2) is 0 Å². The van der Waals surface area contributed by atoms with Crippen molar-refractivity contribution in [3.63, 3.8) is 0 Å². The van der Waals surface area contributed by atoms with E-state index < -0.39 is 0 Å². The van der Waals surface area contributed by atoms with Crippen molar-refractivity contribution in [1.29, 1.82) is 0 Å². The molecule has 4 heteroatoms. The second kappa shape index (κ2) is 5.93. The molecule has 0 unspecified atom stereocenters. The van der Waals surface area contributed by atoms with Crippen LogP contribution in [0.5, 0.6) is 0 Å². The lowest BCUT2D eigenvalue weighted by Crippen LogP contribution is -2.17. The van der Waals surface area contributed by atoms with Gasteiger partial charge in [-0.25, -0.2) is 4.68 Å². The van der Waals surface area contributed by atoms with Gasteiger partial charge in [-0.1, -0.05) is 28.9 Å². The lowest BCUT2D eigenvalue weighted by atomic mass is 10.1. The van der Waals surface area contributed by atoms with E-state index in [2.05, 4.69) is 64.9 Å². The minimum atomic E-state index is 0.716. The summed E-state index contributed by atoms with van der Waals surface area (Å²) in [5, 5.41) is 8.36. The summed E-state index contributed by atoms with van der Waals surface area (Å²) in [5.74, 6) is 0. The first-order valence-electron chi connectivity index (χ1n) is 7.67. The third kappa shape index (κ3) is 3.06. The molecule has 1 saturated carbocycles. The second-order valence-electron chi connectivity index (χ2n) is 5.84. The van der Waals surface area contributed by atoms with Crippen molar-refractivity contribution >= 4 is 15.9 Å². The van der Waals surface area contributed by atoms with E-state index in [0.29, 0.717) is 6.04 Å². The normalized spacial score (nSPS) is 14.7. The SMILES string of the molecule is CCc1c(C)nn(-c2cc(Br)ccc2CNC2CC2)c1C. The average Bonchev–Trinajstić information content (AvgIpc) is 3.23. The van der Waals surface area contributed by atoms with Gasteiger partial charge >= 0.3 is 0 Å². The van der Waals surface area contributed by atoms with Crippen molar-refractivity contribution in [2.75, 3.05) is 0 Å².